The fraction of sp³-hybridized carbons (Fsp3) is 0.500. The number of nitrogen functional groups attached to an aromatic ring is 1. The number of aryl methyl sites for hydroxylation is 1. The van der Waals surface area contributed by atoms with Crippen molar-refractivity contribution >= 4 is 22.3 Å². The van der Waals surface area contributed by atoms with Gasteiger partial charge in [-0.1, -0.05) is 26.2 Å². The van der Waals surface area contributed by atoms with Crippen LogP contribution < -0.4 is 11.1 Å². The van der Waals surface area contributed by atoms with E-state index >= 15 is 0 Å². The Kier molecular flexibility index (Phi) is 4.00. The third-order valence-corrected chi connectivity index (χ3v) is 4.74. The van der Waals surface area contributed by atoms with Gasteiger partial charge in [-0.05, 0) is 49.9 Å². The summed E-state index contributed by atoms with van der Waals surface area (Å²) in [5.41, 5.74) is 10.0. The molecule has 2 unspecified atom stereocenters. The van der Waals surface area contributed by atoms with Crippen LogP contribution in [0.25, 0.3) is 10.9 Å². The molecule has 1 aromatic carbocycles. The first-order valence-corrected chi connectivity index (χ1v) is 8.11. The maximum Gasteiger partial charge on any atom is 0.0727 e. The Hall–Kier alpha value is -1.77. The summed E-state index contributed by atoms with van der Waals surface area (Å²) in [6.07, 6.45) is 6.57. The van der Waals surface area contributed by atoms with E-state index in [0.29, 0.717) is 6.04 Å². The lowest BCUT2D eigenvalue weighted by Gasteiger charge is -2.32. The van der Waals surface area contributed by atoms with Crippen molar-refractivity contribution < 1.29 is 0 Å². The number of anilines is 2. The Labute approximate surface area is 127 Å². The van der Waals surface area contributed by atoms with Gasteiger partial charge in [0, 0.05) is 28.5 Å². The third kappa shape index (κ3) is 2.97. The van der Waals surface area contributed by atoms with E-state index in [-0.39, 0.29) is 0 Å². The molecule has 2 aromatic rings. The summed E-state index contributed by atoms with van der Waals surface area (Å²) in [7, 11) is 0. The van der Waals surface area contributed by atoms with Crippen LogP contribution in [0.15, 0.2) is 24.3 Å². The molecule has 0 spiro atoms. The number of nitrogens with one attached hydrogen (secondary N) is 1. The van der Waals surface area contributed by atoms with Crippen molar-refractivity contribution in [2.45, 2.75) is 52.0 Å². The molecule has 0 radical (unpaired) electrons. The fourth-order valence-corrected chi connectivity index (χ4v) is 3.58. The number of nitrogens with zero attached hydrogens (tertiary/aromatic N) is 1. The molecule has 0 bridgehead atoms. The Morgan fingerprint density at radius 1 is 1.24 bits per heavy atom. The Balaban J connectivity index is 1.97. The largest absolute Gasteiger partial charge is 0.399 e. The lowest BCUT2D eigenvalue weighted by atomic mass is 9.82. The molecule has 21 heavy (non-hydrogen) atoms. The third-order valence-electron chi connectivity index (χ3n) is 4.74. The second kappa shape index (κ2) is 5.92. The van der Waals surface area contributed by atoms with Crippen molar-refractivity contribution in [2.75, 3.05) is 11.1 Å². The molecule has 0 amide bonds. The zero-order chi connectivity index (χ0) is 14.8. The van der Waals surface area contributed by atoms with Crippen molar-refractivity contribution in [2.24, 2.45) is 5.92 Å². The summed E-state index contributed by atoms with van der Waals surface area (Å²) >= 11 is 0. The summed E-state index contributed by atoms with van der Waals surface area (Å²) in [5.74, 6) is 0.781. The zero-order valence-corrected chi connectivity index (χ0v) is 13.0. The van der Waals surface area contributed by atoms with E-state index in [0.717, 1.165) is 28.2 Å². The van der Waals surface area contributed by atoms with E-state index in [4.69, 9.17) is 5.73 Å². The average Bonchev–Trinajstić information content (AvgIpc) is 2.48. The smallest absolute Gasteiger partial charge is 0.0727 e. The quantitative estimate of drug-likeness (QED) is 0.815. The zero-order valence-electron chi connectivity index (χ0n) is 13.0. The number of fused-ring (bicyclic) bond motifs is 1. The lowest BCUT2D eigenvalue weighted by Crippen LogP contribution is -2.31. The molecule has 1 aliphatic rings. The molecule has 3 N–H and O–H groups in total. The molecule has 1 heterocycles. The Bertz CT molecular complexity index is 636. The number of hydrogen-bond donors (Lipinski definition) is 2. The summed E-state index contributed by atoms with van der Waals surface area (Å²) in [6, 6.07) is 8.71. The van der Waals surface area contributed by atoms with Crippen LogP contribution in [0.1, 0.15) is 44.7 Å². The molecule has 3 heteroatoms. The van der Waals surface area contributed by atoms with E-state index in [2.05, 4.69) is 30.2 Å². The van der Waals surface area contributed by atoms with Crippen molar-refractivity contribution in [3.8, 4) is 0 Å². The summed E-state index contributed by atoms with van der Waals surface area (Å²) in [5, 5.41) is 4.94. The van der Waals surface area contributed by atoms with Crippen molar-refractivity contribution in [1.29, 1.82) is 0 Å². The Morgan fingerprint density at radius 3 is 2.86 bits per heavy atom. The minimum Gasteiger partial charge on any atom is -0.399 e. The molecule has 3 nitrogen and oxygen atoms in total. The van der Waals surface area contributed by atoms with E-state index in [1.54, 1.807) is 0 Å². The summed E-state index contributed by atoms with van der Waals surface area (Å²) < 4.78 is 0. The molecular weight excluding hydrogens is 258 g/mol. The van der Waals surface area contributed by atoms with Crippen LogP contribution >= 0.6 is 0 Å². The SMILES string of the molecule is CCC1CCCCC1Nc1cc(C)nc2ccc(N)cc12. The van der Waals surface area contributed by atoms with E-state index in [1.807, 2.05) is 18.2 Å². The number of rotatable bonds is 3. The van der Waals surface area contributed by atoms with Crippen LogP contribution in [0.4, 0.5) is 11.4 Å². The summed E-state index contributed by atoms with van der Waals surface area (Å²) in [4.78, 5) is 4.61. The molecule has 1 aliphatic carbocycles. The van der Waals surface area contributed by atoms with Gasteiger partial charge in [0.15, 0.2) is 0 Å². The molecule has 0 saturated heterocycles. The van der Waals surface area contributed by atoms with Crippen molar-refractivity contribution in [1.82, 2.24) is 4.98 Å². The number of benzene rings is 1. The molecule has 2 atom stereocenters. The molecular formula is C18H25N3. The monoisotopic (exact) mass is 283 g/mol. The van der Waals surface area contributed by atoms with Crippen molar-refractivity contribution in [3.63, 3.8) is 0 Å². The molecule has 0 aliphatic heterocycles. The Morgan fingerprint density at radius 2 is 2.05 bits per heavy atom. The van der Waals surface area contributed by atoms with Crippen molar-refractivity contribution in [3.05, 3.63) is 30.0 Å². The van der Waals surface area contributed by atoms with Crippen LogP contribution in [0, 0.1) is 12.8 Å². The first kappa shape index (κ1) is 14.2. The van der Waals surface area contributed by atoms with Gasteiger partial charge in [-0.3, -0.25) is 4.98 Å². The first-order valence-electron chi connectivity index (χ1n) is 8.11. The van der Waals surface area contributed by atoms with Crippen LogP contribution in [0.3, 0.4) is 0 Å². The highest BCUT2D eigenvalue weighted by Gasteiger charge is 2.24. The standard InChI is InChI=1S/C18H25N3/c1-3-13-6-4-5-7-16(13)21-18-10-12(2)20-17-9-8-14(19)11-15(17)18/h8-11,13,16H,3-7,19H2,1-2H3,(H,20,21). The maximum absolute atomic E-state index is 5.96. The van der Waals surface area contributed by atoms with Gasteiger partial charge in [0.1, 0.15) is 0 Å². The van der Waals surface area contributed by atoms with Crippen LogP contribution in [-0.4, -0.2) is 11.0 Å². The molecule has 3 rings (SSSR count). The lowest BCUT2D eigenvalue weighted by molar-refractivity contribution is 0.317. The molecule has 1 saturated carbocycles. The number of nitrogens with two attached hydrogens (primary N) is 1. The molecule has 1 fully saturated rings. The van der Waals surface area contributed by atoms with Crippen LogP contribution in [-0.2, 0) is 0 Å². The van der Waals surface area contributed by atoms with Gasteiger partial charge in [-0.15, -0.1) is 0 Å². The first-order chi connectivity index (χ1) is 10.2. The predicted octanol–water partition coefficient (Wildman–Crippen LogP) is 4.51. The number of hydrogen-bond acceptors (Lipinski definition) is 3. The highest BCUT2D eigenvalue weighted by Crippen LogP contribution is 2.32. The maximum atomic E-state index is 5.96. The minimum atomic E-state index is 0.579. The molecule has 1 aromatic heterocycles. The number of aromatic nitrogens is 1. The second-order valence-electron chi connectivity index (χ2n) is 6.29. The highest BCUT2D eigenvalue weighted by molar-refractivity contribution is 5.93. The molecule has 112 valence electrons. The normalized spacial score (nSPS) is 22.4. The van der Waals surface area contributed by atoms with Gasteiger partial charge in [-0.25, -0.2) is 0 Å². The van der Waals surface area contributed by atoms with Gasteiger partial charge in [0.25, 0.3) is 0 Å². The van der Waals surface area contributed by atoms with Gasteiger partial charge in [-0.2, -0.15) is 0 Å². The van der Waals surface area contributed by atoms with Gasteiger partial charge in [0.2, 0.25) is 0 Å². The van der Waals surface area contributed by atoms with Gasteiger partial charge in [0.05, 0.1) is 5.52 Å². The average molecular weight is 283 g/mol. The minimum absolute atomic E-state index is 0.579. The summed E-state index contributed by atoms with van der Waals surface area (Å²) in [6.45, 7) is 4.36. The van der Waals surface area contributed by atoms with Crippen LogP contribution in [0.5, 0.6) is 0 Å². The topological polar surface area (TPSA) is 50.9 Å². The highest BCUT2D eigenvalue weighted by atomic mass is 14.9. The van der Waals surface area contributed by atoms with E-state index in [1.165, 1.54) is 37.8 Å². The van der Waals surface area contributed by atoms with Crippen LogP contribution in [0.2, 0.25) is 0 Å². The van der Waals surface area contributed by atoms with E-state index < -0.39 is 0 Å². The second-order valence-corrected chi connectivity index (χ2v) is 6.29. The van der Waals surface area contributed by atoms with Gasteiger partial charge < -0.3 is 11.1 Å². The number of pyridine rings is 1. The predicted molar refractivity (Wildman–Crippen MR) is 90.6 cm³/mol. The fourth-order valence-electron chi connectivity index (χ4n) is 3.58. The van der Waals surface area contributed by atoms with Gasteiger partial charge >= 0.3 is 0 Å². The van der Waals surface area contributed by atoms with E-state index in [9.17, 15) is 0 Å².